The van der Waals surface area contributed by atoms with Gasteiger partial charge in [0.2, 0.25) is 0 Å². The molecule has 0 aliphatic carbocycles. The van der Waals surface area contributed by atoms with Gasteiger partial charge >= 0.3 is 5.97 Å². The minimum absolute atomic E-state index is 0.219. The fraction of sp³-hybridized carbons (Fsp3) is 0.500. The van der Waals surface area contributed by atoms with Gasteiger partial charge < -0.3 is 15.5 Å². The van der Waals surface area contributed by atoms with Crippen LogP contribution in [0.15, 0.2) is 12.1 Å². The number of aromatic carboxylic acids is 1. The van der Waals surface area contributed by atoms with Crippen molar-refractivity contribution in [2.75, 3.05) is 11.9 Å². The van der Waals surface area contributed by atoms with Crippen LogP contribution in [0.2, 0.25) is 0 Å². The molecule has 3 N–H and O–H groups in total. The van der Waals surface area contributed by atoms with Gasteiger partial charge in [-0.15, -0.1) is 0 Å². The van der Waals surface area contributed by atoms with Crippen LogP contribution < -0.4 is 5.32 Å². The van der Waals surface area contributed by atoms with Crippen LogP contribution in [0.5, 0.6) is 0 Å². The first-order valence-corrected chi connectivity index (χ1v) is 5.69. The van der Waals surface area contributed by atoms with Crippen molar-refractivity contribution >= 4 is 11.8 Å². The van der Waals surface area contributed by atoms with Crippen molar-refractivity contribution in [2.45, 2.75) is 32.8 Å². The molecule has 0 saturated carbocycles. The lowest BCUT2D eigenvalue weighted by molar-refractivity contribution is 0.0696. The van der Waals surface area contributed by atoms with E-state index in [9.17, 15) is 4.79 Å². The van der Waals surface area contributed by atoms with E-state index in [4.69, 9.17) is 10.2 Å². The van der Waals surface area contributed by atoms with E-state index >= 15 is 0 Å². The first-order chi connectivity index (χ1) is 8.02. The number of hydrogen-bond acceptors (Lipinski definition) is 4. The van der Waals surface area contributed by atoms with E-state index in [0.29, 0.717) is 12.4 Å². The monoisotopic (exact) mass is 238 g/mol. The van der Waals surface area contributed by atoms with E-state index < -0.39 is 12.1 Å². The molecule has 1 heterocycles. The van der Waals surface area contributed by atoms with Crippen molar-refractivity contribution in [1.82, 2.24) is 4.98 Å². The minimum Gasteiger partial charge on any atom is -0.478 e. The summed E-state index contributed by atoms with van der Waals surface area (Å²) in [6.07, 6.45) is 1.15. The van der Waals surface area contributed by atoms with Gasteiger partial charge in [-0.3, -0.25) is 0 Å². The van der Waals surface area contributed by atoms with Crippen molar-refractivity contribution < 1.29 is 15.0 Å². The third-order valence-electron chi connectivity index (χ3n) is 2.21. The molecule has 5 nitrogen and oxygen atoms in total. The second kappa shape index (κ2) is 6.20. The van der Waals surface area contributed by atoms with Gasteiger partial charge in [-0.05, 0) is 25.5 Å². The highest BCUT2D eigenvalue weighted by Crippen LogP contribution is 2.12. The molecule has 1 aromatic heterocycles. The molecule has 0 aliphatic rings. The summed E-state index contributed by atoms with van der Waals surface area (Å²) in [6, 6.07) is 3.06. The van der Waals surface area contributed by atoms with Crippen LogP contribution in [0.3, 0.4) is 0 Å². The van der Waals surface area contributed by atoms with Gasteiger partial charge in [-0.2, -0.15) is 0 Å². The molecule has 0 saturated heterocycles. The van der Waals surface area contributed by atoms with Crippen LogP contribution >= 0.6 is 0 Å². The molecule has 0 fully saturated rings. The molecule has 1 aromatic rings. The predicted molar refractivity (Wildman–Crippen MR) is 65.4 cm³/mol. The third-order valence-corrected chi connectivity index (χ3v) is 2.21. The number of pyridine rings is 1. The predicted octanol–water partition coefficient (Wildman–Crippen LogP) is 1.52. The lowest BCUT2D eigenvalue weighted by Crippen LogP contribution is -2.17. The van der Waals surface area contributed by atoms with Crippen LogP contribution in [0.4, 0.5) is 5.82 Å². The molecule has 0 amide bonds. The topological polar surface area (TPSA) is 82.5 Å². The molecule has 1 rings (SSSR count). The van der Waals surface area contributed by atoms with E-state index in [0.717, 1.165) is 18.5 Å². The fourth-order valence-corrected chi connectivity index (χ4v) is 1.44. The number of carbonyl (C=O) groups is 1. The van der Waals surface area contributed by atoms with Crippen molar-refractivity contribution in [3.8, 4) is 0 Å². The van der Waals surface area contributed by atoms with Crippen LogP contribution in [-0.2, 0) is 6.42 Å². The SMILES string of the molecule is CCCc1cc(C(=O)O)cc(NCC(C)O)n1. The molecule has 5 heteroatoms. The van der Waals surface area contributed by atoms with Crippen molar-refractivity contribution in [1.29, 1.82) is 0 Å². The maximum atomic E-state index is 10.9. The van der Waals surface area contributed by atoms with Crippen molar-refractivity contribution in [3.63, 3.8) is 0 Å². The van der Waals surface area contributed by atoms with Gasteiger partial charge in [0.05, 0.1) is 11.7 Å². The van der Waals surface area contributed by atoms with Crippen LogP contribution in [0.1, 0.15) is 36.3 Å². The lowest BCUT2D eigenvalue weighted by Gasteiger charge is -2.10. The maximum Gasteiger partial charge on any atom is 0.335 e. The van der Waals surface area contributed by atoms with Crippen LogP contribution in [-0.4, -0.2) is 33.8 Å². The number of carboxylic acid groups (broad SMARTS) is 1. The number of aliphatic hydroxyl groups excluding tert-OH is 1. The molecule has 94 valence electrons. The van der Waals surface area contributed by atoms with E-state index in [1.807, 2.05) is 6.92 Å². The summed E-state index contributed by atoms with van der Waals surface area (Å²) in [5.74, 6) is -0.473. The number of carboxylic acids is 1. The Morgan fingerprint density at radius 3 is 2.76 bits per heavy atom. The molecule has 0 aromatic carbocycles. The molecular formula is C12H18N2O3. The summed E-state index contributed by atoms with van der Waals surface area (Å²) >= 11 is 0. The van der Waals surface area contributed by atoms with Gasteiger partial charge in [-0.1, -0.05) is 13.3 Å². The number of aryl methyl sites for hydroxylation is 1. The largest absolute Gasteiger partial charge is 0.478 e. The normalized spacial score (nSPS) is 12.2. The Hall–Kier alpha value is -1.62. The standard InChI is InChI=1S/C12H18N2O3/c1-3-4-10-5-9(12(16)17)6-11(14-10)13-7-8(2)15/h5-6,8,15H,3-4,7H2,1-2H3,(H,13,14)(H,16,17). The van der Waals surface area contributed by atoms with Gasteiger partial charge in [0.1, 0.15) is 5.82 Å². The molecule has 1 unspecified atom stereocenters. The Morgan fingerprint density at radius 2 is 2.24 bits per heavy atom. The summed E-state index contributed by atoms with van der Waals surface area (Å²) in [4.78, 5) is 15.2. The summed E-state index contributed by atoms with van der Waals surface area (Å²) in [6.45, 7) is 4.01. The average molecular weight is 238 g/mol. The average Bonchev–Trinajstić information content (AvgIpc) is 2.26. The fourth-order valence-electron chi connectivity index (χ4n) is 1.44. The highest BCUT2D eigenvalue weighted by molar-refractivity contribution is 5.88. The van der Waals surface area contributed by atoms with Crippen molar-refractivity contribution in [3.05, 3.63) is 23.4 Å². The first-order valence-electron chi connectivity index (χ1n) is 5.69. The number of nitrogens with zero attached hydrogens (tertiary/aromatic N) is 1. The number of aromatic nitrogens is 1. The number of rotatable bonds is 6. The highest BCUT2D eigenvalue weighted by Gasteiger charge is 2.08. The number of nitrogens with one attached hydrogen (secondary N) is 1. The van der Waals surface area contributed by atoms with Crippen LogP contribution in [0.25, 0.3) is 0 Å². The van der Waals surface area contributed by atoms with Gasteiger partial charge in [0, 0.05) is 12.2 Å². The van der Waals surface area contributed by atoms with E-state index in [1.165, 1.54) is 6.07 Å². The second-order valence-electron chi connectivity index (χ2n) is 4.02. The molecule has 17 heavy (non-hydrogen) atoms. The molecule has 0 bridgehead atoms. The Bertz CT molecular complexity index is 391. The van der Waals surface area contributed by atoms with Gasteiger partial charge in [0.15, 0.2) is 0 Å². The first kappa shape index (κ1) is 13.4. The van der Waals surface area contributed by atoms with E-state index in [2.05, 4.69) is 10.3 Å². The Morgan fingerprint density at radius 1 is 1.53 bits per heavy atom. The van der Waals surface area contributed by atoms with E-state index in [-0.39, 0.29) is 5.56 Å². The molecular weight excluding hydrogens is 220 g/mol. The molecule has 1 atom stereocenters. The zero-order chi connectivity index (χ0) is 12.8. The summed E-state index contributed by atoms with van der Waals surface area (Å²) in [5, 5.41) is 21.0. The molecule has 0 radical (unpaired) electrons. The molecule has 0 aliphatic heterocycles. The number of anilines is 1. The highest BCUT2D eigenvalue weighted by atomic mass is 16.4. The Kier molecular flexibility index (Phi) is 4.90. The summed E-state index contributed by atoms with van der Waals surface area (Å²) in [7, 11) is 0. The maximum absolute atomic E-state index is 10.9. The van der Waals surface area contributed by atoms with Gasteiger partial charge in [0.25, 0.3) is 0 Å². The summed E-state index contributed by atoms with van der Waals surface area (Å²) < 4.78 is 0. The molecule has 0 spiro atoms. The lowest BCUT2D eigenvalue weighted by atomic mass is 10.1. The Balaban J connectivity index is 2.91. The number of hydrogen-bond donors (Lipinski definition) is 3. The quantitative estimate of drug-likeness (QED) is 0.700. The van der Waals surface area contributed by atoms with Crippen molar-refractivity contribution in [2.24, 2.45) is 0 Å². The zero-order valence-electron chi connectivity index (χ0n) is 10.1. The minimum atomic E-state index is -0.968. The smallest absolute Gasteiger partial charge is 0.335 e. The van der Waals surface area contributed by atoms with Crippen LogP contribution in [0, 0.1) is 0 Å². The van der Waals surface area contributed by atoms with E-state index in [1.54, 1.807) is 13.0 Å². The summed E-state index contributed by atoms with van der Waals surface area (Å²) in [5.41, 5.74) is 0.969. The third kappa shape index (κ3) is 4.40. The second-order valence-corrected chi connectivity index (χ2v) is 4.02. The Labute approximate surface area is 101 Å². The zero-order valence-corrected chi connectivity index (χ0v) is 10.1. The van der Waals surface area contributed by atoms with Gasteiger partial charge in [-0.25, -0.2) is 9.78 Å². The number of aliphatic hydroxyl groups is 1.